The van der Waals surface area contributed by atoms with Gasteiger partial charge in [-0.05, 0) is 42.8 Å². The number of nitrogens with one attached hydrogen (secondary N) is 2. The third-order valence-corrected chi connectivity index (χ3v) is 2.97. The van der Waals surface area contributed by atoms with Crippen molar-refractivity contribution < 1.29 is 18.4 Å². The third kappa shape index (κ3) is 4.12. The van der Waals surface area contributed by atoms with Crippen molar-refractivity contribution in [1.82, 2.24) is 5.32 Å². The second-order valence-electron chi connectivity index (χ2n) is 4.70. The molecule has 0 unspecified atom stereocenters. The molecule has 0 aliphatic rings. The van der Waals surface area contributed by atoms with Gasteiger partial charge in [-0.15, -0.1) is 0 Å². The van der Waals surface area contributed by atoms with Gasteiger partial charge < -0.3 is 10.6 Å². The summed E-state index contributed by atoms with van der Waals surface area (Å²) in [5.41, 5.74) is 1.16. The van der Waals surface area contributed by atoms with Crippen LogP contribution in [-0.4, -0.2) is 18.4 Å². The summed E-state index contributed by atoms with van der Waals surface area (Å²) < 4.78 is 26.1. The number of carbonyl (C=O) groups is 2. The number of amides is 2. The van der Waals surface area contributed by atoms with Crippen LogP contribution >= 0.6 is 0 Å². The molecular formula is C16H14F2N2O2. The molecule has 2 aromatic carbocycles. The summed E-state index contributed by atoms with van der Waals surface area (Å²) in [6.45, 7) is 1.42. The van der Waals surface area contributed by atoms with Gasteiger partial charge in [0.25, 0.3) is 5.91 Å². The molecule has 0 heterocycles. The first-order chi connectivity index (χ1) is 10.5. The molecule has 6 heteroatoms. The summed E-state index contributed by atoms with van der Waals surface area (Å²) in [5.74, 6) is -2.07. The van der Waals surface area contributed by atoms with Gasteiger partial charge in [0.1, 0.15) is 11.6 Å². The highest BCUT2D eigenvalue weighted by Crippen LogP contribution is 2.15. The predicted octanol–water partition coefficient (Wildman–Crippen LogP) is 2.64. The number of benzene rings is 2. The summed E-state index contributed by atoms with van der Waals surface area (Å²) in [4.78, 5) is 23.5. The van der Waals surface area contributed by atoms with E-state index in [0.29, 0.717) is 11.3 Å². The van der Waals surface area contributed by atoms with Gasteiger partial charge in [0.05, 0.1) is 6.54 Å². The van der Waals surface area contributed by atoms with Crippen LogP contribution in [0.2, 0.25) is 0 Å². The first-order valence-electron chi connectivity index (χ1n) is 6.55. The maximum atomic E-state index is 13.1. The number of aryl methyl sites for hydroxylation is 1. The Bertz CT molecular complexity index is 717. The standard InChI is InChI=1S/C16H14F2N2O2/c1-10-5-6-13(18)8-14(10)20-15(21)9-19-16(22)11-3-2-4-12(17)7-11/h2-8H,9H2,1H3,(H,19,22)(H,20,21). The molecule has 22 heavy (non-hydrogen) atoms. The van der Waals surface area contributed by atoms with E-state index in [-0.39, 0.29) is 12.1 Å². The van der Waals surface area contributed by atoms with E-state index in [1.165, 1.54) is 36.4 Å². The molecular weight excluding hydrogens is 290 g/mol. The molecule has 2 amide bonds. The zero-order valence-electron chi connectivity index (χ0n) is 11.8. The van der Waals surface area contributed by atoms with Crippen molar-refractivity contribution in [2.24, 2.45) is 0 Å². The molecule has 2 aromatic rings. The number of halogens is 2. The molecule has 0 aliphatic carbocycles. The van der Waals surface area contributed by atoms with Crippen molar-refractivity contribution >= 4 is 17.5 Å². The topological polar surface area (TPSA) is 58.2 Å². The SMILES string of the molecule is Cc1ccc(F)cc1NC(=O)CNC(=O)c1cccc(F)c1. The van der Waals surface area contributed by atoms with E-state index in [9.17, 15) is 18.4 Å². The molecule has 0 aliphatic heterocycles. The van der Waals surface area contributed by atoms with Crippen LogP contribution in [0.3, 0.4) is 0 Å². The van der Waals surface area contributed by atoms with E-state index in [4.69, 9.17) is 0 Å². The fourth-order valence-electron chi connectivity index (χ4n) is 1.82. The Morgan fingerprint density at radius 2 is 1.77 bits per heavy atom. The Morgan fingerprint density at radius 1 is 1.05 bits per heavy atom. The zero-order valence-corrected chi connectivity index (χ0v) is 11.8. The molecule has 2 rings (SSSR count). The smallest absolute Gasteiger partial charge is 0.251 e. The van der Waals surface area contributed by atoms with Gasteiger partial charge in [0.2, 0.25) is 5.91 Å². The average molecular weight is 304 g/mol. The van der Waals surface area contributed by atoms with E-state index in [2.05, 4.69) is 10.6 Å². The lowest BCUT2D eigenvalue weighted by Crippen LogP contribution is -2.33. The molecule has 0 saturated heterocycles. The third-order valence-electron chi connectivity index (χ3n) is 2.97. The first kappa shape index (κ1) is 15.6. The van der Waals surface area contributed by atoms with Crippen LogP contribution in [0.4, 0.5) is 14.5 Å². The normalized spacial score (nSPS) is 10.1. The van der Waals surface area contributed by atoms with Crippen LogP contribution in [-0.2, 0) is 4.79 Å². The highest BCUT2D eigenvalue weighted by Gasteiger charge is 2.10. The summed E-state index contributed by atoms with van der Waals surface area (Å²) in [6, 6.07) is 9.16. The van der Waals surface area contributed by atoms with Gasteiger partial charge in [0.15, 0.2) is 0 Å². The maximum Gasteiger partial charge on any atom is 0.251 e. The Labute approximate surface area is 126 Å². The summed E-state index contributed by atoms with van der Waals surface area (Å²) >= 11 is 0. The molecule has 0 saturated carbocycles. The number of hydrogen-bond acceptors (Lipinski definition) is 2. The number of anilines is 1. The Kier molecular flexibility index (Phi) is 4.83. The van der Waals surface area contributed by atoms with Crippen LogP contribution < -0.4 is 10.6 Å². The second-order valence-corrected chi connectivity index (χ2v) is 4.70. The molecule has 114 valence electrons. The molecule has 0 radical (unpaired) electrons. The number of carbonyl (C=O) groups excluding carboxylic acids is 2. The summed E-state index contributed by atoms with van der Waals surface area (Å²) in [5, 5.41) is 4.87. The largest absolute Gasteiger partial charge is 0.343 e. The minimum Gasteiger partial charge on any atom is -0.343 e. The highest BCUT2D eigenvalue weighted by atomic mass is 19.1. The van der Waals surface area contributed by atoms with E-state index in [1.54, 1.807) is 6.92 Å². The van der Waals surface area contributed by atoms with Gasteiger partial charge in [-0.25, -0.2) is 8.78 Å². The van der Waals surface area contributed by atoms with Crippen LogP contribution in [0, 0.1) is 18.6 Å². The first-order valence-corrected chi connectivity index (χ1v) is 6.55. The monoisotopic (exact) mass is 304 g/mol. The zero-order chi connectivity index (χ0) is 16.1. The van der Waals surface area contributed by atoms with Crippen molar-refractivity contribution in [2.75, 3.05) is 11.9 Å². The lowest BCUT2D eigenvalue weighted by atomic mass is 10.2. The minimum atomic E-state index is -0.564. The van der Waals surface area contributed by atoms with Crippen molar-refractivity contribution in [2.45, 2.75) is 6.92 Å². The summed E-state index contributed by atoms with van der Waals surface area (Å²) in [6.07, 6.45) is 0. The number of rotatable bonds is 4. The number of hydrogen-bond donors (Lipinski definition) is 2. The molecule has 0 atom stereocenters. The van der Waals surface area contributed by atoms with Crippen molar-refractivity contribution in [3.05, 3.63) is 65.2 Å². The van der Waals surface area contributed by atoms with Crippen molar-refractivity contribution in [3.63, 3.8) is 0 Å². The van der Waals surface area contributed by atoms with Crippen LogP contribution in [0.5, 0.6) is 0 Å². The molecule has 0 aromatic heterocycles. The van der Waals surface area contributed by atoms with Crippen LogP contribution in [0.25, 0.3) is 0 Å². The summed E-state index contributed by atoms with van der Waals surface area (Å²) in [7, 11) is 0. The highest BCUT2D eigenvalue weighted by molar-refractivity contribution is 5.99. The Morgan fingerprint density at radius 3 is 2.50 bits per heavy atom. The fraction of sp³-hybridized carbons (Fsp3) is 0.125. The average Bonchev–Trinajstić information content (AvgIpc) is 2.48. The van der Waals surface area contributed by atoms with Crippen molar-refractivity contribution in [1.29, 1.82) is 0 Å². The van der Waals surface area contributed by atoms with Gasteiger partial charge in [-0.3, -0.25) is 9.59 Å². The van der Waals surface area contributed by atoms with Gasteiger partial charge in [0, 0.05) is 11.3 Å². The quantitative estimate of drug-likeness (QED) is 0.912. The predicted molar refractivity (Wildman–Crippen MR) is 78.5 cm³/mol. The Hall–Kier alpha value is -2.76. The molecule has 2 N–H and O–H groups in total. The van der Waals surface area contributed by atoms with E-state index in [1.807, 2.05) is 0 Å². The van der Waals surface area contributed by atoms with E-state index < -0.39 is 23.4 Å². The maximum absolute atomic E-state index is 13.1. The minimum absolute atomic E-state index is 0.120. The second kappa shape index (κ2) is 6.80. The molecule has 0 spiro atoms. The fourth-order valence-corrected chi connectivity index (χ4v) is 1.82. The van der Waals surface area contributed by atoms with Gasteiger partial charge in [-0.2, -0.15) is 0 Å². The molecule has 0 fully saturated rings. The molecule has 0 bridgehead atoms. The van der Waals surface area contributed by atoms with E-state index in [0.717, 1.165) is 6.07 Å². The van der Waals surface area contributed by atoms with E-state index >= 15 is 0 Å². The lowest BCUT2D eigenvalue weighted by Gasteiger charge is -2.09. The van der Waals surface area contributed by atoms with Crippen LogP contribution in [0.15, 0.2) is 42.5 Å². The van der Waals surface area contributed by atoms with Crippen molar-refractivity contribution in [3.8, 4) is 0 Å². The van der Waals surface area contributed by atoms with Gasteiger partial charge in [-0.1, -0.05) is 12.1 Å². The van der Waals surface area contributed by atoms with Gasteiger partial charge >= 0.3 is 0 Å². The van der Waals surface area contributed by atoms with Crippen LogP contribution in [0.1, 0.15) is 15.9 Å². The Balaban J connectivity index is 1.93. The molecule has 4 nitrogen and oxygen atoms in total. The lowest BCUT2D eigenvalue weighted by molar-refractivity contribution is -0.115.